The average Bonchev–Trinajstić information content (AvgIpc) is 2.48. The van der Waals surface area contributed by atoms with Gasteiger partial charge in [-0.15, -0.1) is 0 Å². The van der Waals surface area contributed by atoms with Crippen LogP contribution in [0.15, 0.2) is 18.2 Å². The Bertz CT molecular complexity index is 397. The molecule has 0 amide bonds. The van der Waals surface area contributed by atoms with E-state index >= 15 is 0 Å². The van der Waals surface area contributed by atoms with Gasteiger partial charge in [-0.2, -0.15) is 0 Å². The first-order chi connectivity index (χ1) is 11.0. The maximum Gasteiger partial charge on any atom is 0.123 e. The van der Waals surface area contributed by atoms with Gasteiger partial charge in [-0.1, -0.05) is 0 Å². The van der Waals surface area contributed by atoms with Crippen molar-refractivity contribution in [2.45, 2.75) is 46.5 Å². The van der Waals surface area contributed by atoms with Crippen molar-refractivity contribution in [1.82, 2.24) is 0 Å². The van der Waals surface area contributed by atoms with Gasteiger partial charge in [0.1, 0.15) is 24.7 Å². The van der Waals surface area contributed by atoms with E-state index in [-0.39, 0.29) is 12.2 Å². The summed E-state index contributed by atoms with van der Waals surface area (Å²) in [6.45, 7) is 10.7. The molecule has 0 fully saturated rings. The second-order valence-corrected chi connectivity index (χ2v) is 5.78. The maximum absolute atomic E-state index is 5.74. The van der Waals surface area contributed by atoms with Gasteiger partial charge in [0, 0.05) is 13.2 Å². The first-order valence-electron chi connectivity index (χ1n) is 8.13. The van der Waals surface area contributed by atoms with Crippen molar-refractivity contribution >= 4 is 0 Å². The zero-order valence-electron chi connectivity index (χ0n) is 15.0. The molecule has 0 bridgehead atoms. The number of hydrogen-bond acceptors (Lipinski definition) is 5. The minimum atomic E-state index is 0.207. The lowest BCUT2D eigenvalue weighted by Gasteiger charge is -2.14. The van der Waals surface area contributed by atoms with Crippen molar-refractivity contribution in [3.63, 3.8) is 0 Å². The molecule has 0 unspecified atom stereocenters. The normalized spacial score (nSPS) is 11.3. The second-order valence-electron chi connectivity index (χ2n) is 5.78. The van der Waals surface area contributed by atoms with Crippen LogP contribution in [0.5, 0.6) is 11.5 Å². The lowest BCUT2D eigenvalue weighted by atomic mass is 10.2. The van der Waals surface area contributed by atoms with Gasteiger partial charge < -0.3 is 23.7 Å². The molecule has 0 spiro atoms. The standard InChI is InChI=1S/C18H30O5/c1-14(2)20-6-8-22-17-10-16(13-19-5)11-18(12-17)23-9-7-21-15(3)4/h10-12,14-15H,6-9,13H2,1-5H3. The summed E-state index contributed by atoms with van der Waals surface area (Å²) in [5, 5.41) is 0. The summed E-state index contributed by atoms with van der Waals surface area (Å²) in [6, 6.07) is 5.79. The van der Waals surface area contributed by atoms with Gasteiger partial charge >= 0.3 is 0 Å². The molecule has 1 aromatic carbocycles. The molecule has 1 aromatic rings. The molecule has 132 valence electrons. The molecule has 0 radical (unpaired) electrons. The smallest absolute Gasteiger partial charge is 0.123 e. The molecule has 5 nitrogen and oxygen atoms in total. The Hall–Kier alpha value is -1.30. The zero-order chi connectivity index (χ0) is 17.1. The van der Waals surface area contributed by atoms with Crippen LogP contribution in [0, 0.1) is 0 Å². The third-order valence-corrected chi connectivity index (χ3v) is 2.86. The van der Waals surface area contributed by atoms with Crippen molar-refractivity contribution in [1.29, 1.82) is 0 Å². The molecular formula is C18H30O5. The van der Waals surface area contributed by atoms with E-state index in [4.69, 9.17) is 23.7 Å². The summed E-state index contributed by atoms with van der Waals surface area (Å²) in [5.74, 6) is 1.51. The predicted molar refractivity (Wildman–Crippen MR) is 90.3 cm³/mol. The highest BCUT2D eigenvalue weighted by Gasteiger charge is 2.05. The fraction of sp³-hybridized carbons (Fsp3) is 0.667. The molecule has 0 aliphatic heterocycles. The zero-order valence-corrected chi connectivity index (χ0v) is 15.0. The number of methoxy groups -OCH3 is 1. The topological polar surface area (TPSA) is 46.2 Å². The number of rotatable bonds is 12. The van der Waals surface area contributed by atoms with E-state index in [1.165, 1.54) is 0 Å². The third-order valence-electron chi connectivity index (χ3n) is 2.86. The second kappa shape index (κ2) is 11.3. The van der Waals surface area contributed by atoms with Crippen LogP contribution < -0.4 is 9.47 Å². The fourth-order valence-electron chi connectivity index (χ4n) is 1.93. The summed E-state index contributed by atoms with van der Waals surface area (Å²) >= 11 is 0. The summed E-state index contributed by atoms with van der Waals surface area (Å²) in [5.41, 5.74) is 1.01. The molecular weight excluding hydrogens is 296 g/mol. The van der Waals surface area contributed by atoms with Crippen LogP contribution in [0.1, 0.15) is 33.3 Å². The van der Waals surface area contributed by atoms with E-state index in [1.807, 2.05) is 45.9 Å². The SMILES string of the molecule is COCc1cc(OCCOC(C)C)cc(OCCOC(C)C)c1. The van der Waals surface area contributed by atoms with Crippen LogP contribution in [0.2, 0.25) is 0 Å². The summed E-state index contributed by atoms with van der Waals surface area (Å²) in [6.07, 6.45) is 0.413. The van der Waals surface area contributed by atoms with Crippen LogP contribution in [0.3, 0.4) is 0 Å². The summed E-state index contributed by atoms with van der Waals surface area (Å²) < 4.78 is 27.6. The highest BCUT2D eigenvalue weighted by molar-refractivity contribution is 5.38. The van der Waals surface area contributed by atoms with Crippen molar-refractivity contribution in [2.75, 3.05) is 33.5 Å². The van der Waals surface area contributed by atoms with Gasteiger partial charge in [0.05, 0.1) is 32.0 Å². The van der Waals surface area contributed by atoms with E-state index in [9.17, 15) is 0 Å². The third kappa shape index (κ3) is 9.43. The van der Waals surface area contributed by atoms with E-state index in [0.29, 0.717) is 33.0 Å². The Morgan fingerprint density at radius 1 is 0.739 bits per heavy atom. The molecule has 0 aliphatic rings. The van der Waals surface area contributed by atoms with Crippen LogP contribution in [-0.2, 0) is 20.8 Å². The highest BCUT2D eigenvalue weighted by Crippen LogP contribution is 2.23. The molecule has 0 N–H and O–H groups in total. The molecule has 0 atom stereocenters. The van der Waals surface area contributed by atoms with Gasteiger partial charge in [-0.3, -0.25) is 0 Å². The van der Waals surface area contributed by atoms with Gasteiger partial charge in [0.25, 0.3) is 0 Å². The van der Waals surface area contributed by atoms with Crippen LogP contribution in [0.25, 0.3) is 0 Å². The molecule has 0 saturated carbocycles. The Morgan fingerprint density at radius 3 is 1.61 bits per heavy atom. The molecule has 0 heterocycles. The van der Waals surface area contributed by atoms with Gasteiger partial charge in [0.2, 0.25) is 0 Å². The predicted octanol–water partition coefficient (Wildman–Crippen LogP) is 3.44. The Labute approximate surface area is 139 Å². The van der Waals surface area contributed by atoms with Crippen molar-refractivity contribution < 1.29 is 23.7 Å². The first-order valence-corrected chi connectivity index (χ1v) is 8.13. The Morgan fingerprint density at radius 2 is 1.22 bits per heavy atom. The van der Waals surface area contributed by atoms with Gasteiger partial charge in [-0.25, -0.2) is 0 Å². The van der Waals surface area contributed by atoms with E-state index < -0.39 is 0 Å². The van der Waals surface area contributed by atoms with Crippen LogP contribution in [-0.4, -0.2) is 45.7 Å². The van der Waals surface area contributed by atoms with Crippen molar-refractivity contribution in [2.24, 2.45) is 0 Å². The monoisotopic (exact) mass is 326 g/mol. The lowest BCUT2D eigenvalue weighted by Crippen LogP contribution is -2.12. The maximum atomic E-state index is 5.74. The minimum Gasteiger partial charge on any atom is -0.491 e. The fourth-order valence-corrected chi connectivity index (χ4v) is 1.93. The van der Waals surface area contributed by atoms with Crippen molar-refractivity contribution in [3.05, 3.63) is 23.8 Å². The average molecular weight is 326 g/mol. The van der Waals surface area contributed by atoms with Gasteiger partial charge in [0.15, 0.2) is 0 Å². The highest BCUT2D eigenvalue weighted by atomic mass is 16.5. The van der Waals surface area contributed by atoms with E-state index in [2.05, 4.69) is 0 Å². The molecule has 23 heavy (non-hydrogen) atoms. The molecule has 1 rings (SSSR count). The Balaban J connectivity index is 2.55. The first kappa shape index (κ1) is 19.7. The van der Waals surface area contributed by atoms with E-state index in [0.717, 1.165) is 17.1 Å². The van der Waals surface area contributed by atoms with Crippen molar-refractivity contribution in [3.8, 4) is 11.5 Å². The minimum absolute atomic E-state index is 0.207. The summed E-state index contributed by atoms with van der Waals surface area (Å²) in [7, 11) is 1.67. The molecule has 0 saturated heterocycles. The molecule has 5 heteroatoms. The molecule has 0 aliphatic carbocycles. The van der Waals surface area contributed by atoms with Crippen LogP contribution >= 0.6 is 0 Å². The Kier molecular flexibility index (Phi) is 9.67. The largest absolute Gasteiger partial charge is 0.491 e. The van der Waals surface area contributed by atoms with Crippen LogP contribution in [0.4, 0.5) is 0 Å². The van der Waals surface area contributed by atoms with Gasteiger partial charge in [-0.05, 0) is 45.4 Å². The lowest BCUT2D eigenvalue weighted by molar-refractivity contribution is 0.0536. The number of benzene rings is 1. The molecule has 0 aromatic heterocycles. The van der Waals surface area contributed by atoms with E-state index in [1.54, 1.807) is 7.11 Å². The number of hydrogen-bond donors (Lipinski definition) is 0. The summed E-state index contributed by atoms with van der Waals surface area (Å²) in [4.78, 5) is 0. The number of ether oxygens (including phenoxy) is 5. The quantitative estimate of drug-likeness (QED) is 0.551.